The van der Waals surface area contributed by atoms with Gasteiger partial charge in [-0.1, -0.05) is 12.1 Å². The van der Waals surface area contributed by atoms with Gasteiger partial charge in [0.1, 0.15) is 5.82 Å². The SMILES string of the molecule is Cc1cccc2c1nc(CCl)n2CC(C)N(C)C1CC1. The standard InChI is InChI=1S/C16H22ClN3/c1-11-5-4-6-14-16(11)18-15(9-17)20(14)10-12(2)19(3)13-7-8-13/h4-6,12-13H,7-10H2,1-3H3. The third-order valence-electron chi connectivity index (χ3n) is 4.44. The Morgan fingerprint density at radius 1 is 1.45 bits per heavy atom. The van der Waals surface area contributed by atoms with E-state index in [4.69, 9.17) is 16.6 Å². The lowest BCUT2D eigenvalue weighted by Crippen LogP contribution is -2.34. The molecule has 108 valence electrons. The van der Waals surface area contributed by atoms with Crippen molar-refractivity contribution in [1.82, 2.24) is 14.5 Å². The third-order valence-corrected chi connectivity index (χ3v) is 4.68. The summed E-state index contributed by atoms with van der Waals surface area (Å²) in [5, 5.41) is 0. The molecular weight excluding hydrogens is 270 g/mol. The molecule has 0 aliphatic heterocycles. The number of fused-ring (bicyclic) bond motifs is 1. The Bertz CT molecular complexity index is 615. The molecule has 4 heteroatoms. The summed E-state index contributed by atoms with van der Waals surface area (Å²) in [6, 6.07) is 7.64. The van der Waals surface area contributed by atoms with Gasteiger partial charge in [0.15, 0.2) is 0 Å². The van der Waals surface area contributed by atoms with Crippen molar-refractivity contribution in [3.63, 3.8) is 0 Å². The van der Waals surface area contributed by atoms with Gasteiger partial charge in [-0.2, -0.15) is 0 Å². The fourth-order valence-electron chi connectivity index (χ4n) is 2.88. The van der Waals surface area contributed by atoms with Crippen LogP contribution in [0.5, 0.6) is 0 Å². The number of likely N-dealkylation sites (N-methyl/N-ethyl adjacent to an activating group) is 1. The maximum Gasteiger partial charge on any atom is 0.124 e. The molecule has 0 radical (unpaired) electrons. The van der Waals surface area contributed by atoms with Crippen LogP contribution in [0.15, 0.2) is 18.2 Å². The number of rotatable bonds is 5. The lowest BCUT2D eigenvalue weighted by Gasteiger charge is -2.25. The molecule has 0 amide bonds. The molecule has 1 heterocycles. The van der Waals surface area contributed by atoms with Crippen LogP contribution >= 0.6 is 11.6 Å². The van der Waals surface area contributed by atoms with E-state index in [2.05, 4.69) is 48.6 Å². The van der Waals surface area contributed by atoms with Crippen LogP contribution in [0.4, 0.5) is 0 Å². The van der Waals surface area contributed by atoms with Gasteiger partial charge in [-0.05, 0) is 45.4 Å². The number of imidazole rings is 1. The number of benzene rings is 1. The Morgan fingerprint density at radius 3 is 2.85 bits per heavy atom. The summed E-state index contributed by atoms with van der Waals surface area (Å²) in [5.74, 6) is 1.44. The average Bonchev–Trinajstić information content (AvgIpc) is 3.22. The Balaban J connectivity index is 1.94. The van der Waals surface area contributed by atoms with Crippen molar-refractivity contribution in [3.8, 4) is 0 Å². The first kappa shape index (κ1) is 13.9. The van der Waals surface area contributed by atoms with Crippen molar-refractivity contribution < 1.29 is 0 Å². The lowest BCUT2D eigenvalue weighted by atomic mass is 10.2. The summed E-state index contributed by atoms with van der Waals surface area (Å²) in [4.78, 5) is 7.20. The molecule has 1 unspecified atom stereocenters. The predicted molar refractivity (Wildman–Crippen MR) is 84.3 cm³/mol. The van der Waals surface area contributed by atoms with Crippen molar-refractivity contribution in [2.45, 2.75) is 51.2 Å². The highest BCUT2D eigenvalue weighted by Crippen LogP contribution is 2.28. The van der Waals surface area contributed by atoms with Crippen molar-refractivity contribution in [3.05, 3.63) is 29.6 Å². The molecular formula is C16H22ClN3. The molecule has 1 saturated carbocycles. The van der Waals surface area contributed by atoms with Crippen LogP contribution in [0.1, 0.15) is 31.2 Å². The van der Waals surface area contributed by atoms with Crippen LogP contribution in [0.25, 0.3) is 11.0 Å². The van der Waals surface area contributed by atoms with Gasteiger partial charge in [0.2, 0.25) is 0 Å². The summed E-state index contributed by atoms with van der Waals surface area (Å²) in [7, 11) is 2.23. The van der Waals surface area contributed by atoms with Gasteiger partial charge in [-0.15, -0.1) is 11.6 Å². The van der Waals surface area contributed by atoms with Crippen LogP contribution in [-0.2, 0) is 12.4 Å². The molecule has 0 saturated heterocycles. The van der Waals surface area contributed by atoms with Gasteiger partial charge in [0.25, 0.3) is 0 Å². The minimum atomic E-state index is 0.466. The summed E-state index contributed by atoms with van der Waals surface area (Å²) >= 11 is 6.10. The highest BCUT2D eigenvalue weighted by atomic mass is 35.5. The topological polar surface area (TPSA) is 21.1 Å². The summed E-state index contributed by atoms with van der Waals surface area (Å²) < 4.78 is 2.29. The van der Waals surface area contributed by atoms with Gasteiger partial charge >= 0.3 is 0 Å². The van der Waals surface area contributed by atoms with Crippen LogP contribution < -0.4 is 0 Å². The second-order valence-electron chi connectivity index (χ2n) is 5.96. The summed E-state index contributed by atoms with van der Waals surface area (Å²) in [6.07, 6.45) is 2.68. The zero-order chi connectivity index (χ0) is 14.3. The molecule has 20 heavy (non-hydrogen) atoms. The molecule has 0 bridgehead atoms. The first-order valence-corrected chi connectivity index (χ1v) is 7.88. The van der Waals surface area contributed by atoms with E-state index in [1.54, 1.807) is 0 Å². The van der Waals surface area contributed by atoms with Gasteiger partial charge < -0.3 is 4.57 Å². The molecule has 1 aliphatic rings. The van der Waals surface area contributed by atoms with E-state index >= 15 is 0 Å². The van der Waals surface area contributed by atoms with Gasteiger partial charge in [-0.3, -0.25) is 4.90 Å². The van der Waals surface area contributed by atoms with Crippen molar-refractivity contribution in [1.29, 1.82) is 0 Å². The summed E-state index contributed by atoms with van der Waals surface area (Å²) in [5.41, 5.74) is 3.51. The zero-order valence-electron chi connectivity index (χ0n) is 12.4. The van der Waals surface area contributed by atoms with E-state index in [1.807, 2.05) is 0 Å². The first-order valence-electron chi connectivity index (χ1n) is 7.34. The lowest BCUT2D eigenvalue weighted by molar-refractivity contribution is 0.226. The summed E-state index contributed by atoms with van der Waals surface area (Å²) in [6.45, 7) is 5.35. The number of nitrogens with zero attached hydrogens (tertiary/aromatic N) is 3. The molecule has 1 aromatic heterocycles. The third kappa shape index (κ3) is 2.45. The second kappa shape index (κ2) is 5.38. The Hall–Kier alpha value is -1.06. The number of aryl methyl sites for hydroxylation is 1. The Morgan fingerprint density at radius 2 is 2.20 bits per heavy atom. The van der Waals surface area contributed by atoms with E-state index in [9.17, 15) is 0 Å². The van der Waals surface area contributed by atoms with Crippen LogP contribution in [0.2, 0.25) is 0 Å². The van der Waals surface area contributed by atoms with Crippen LogP contribution in [0, 0.1) is 6.92 Å². The highest BCUT2D eigenvalue weighted by molar-refractivity contribution is 6.16. The number of aromatic nitrogens is 2. The largest absolute Gasteiger partial charge is 0.325 e. The van der Waals surface area contributed by atoms with Crippen molar-refractivity contribution in [2.24, 2.45) is 0 Å². The number of para-hydroxylation sites is 1. The molecule has 1 fully saturated rings. The average molecular weight is 292 g/mol. The van der Waals surface area contributed by atoms with Crippen LogP contribution in [-0.4, -0.2) is 33.6 Å². The van der Waals surface area contributed by atoms with E-state index in [0.717, 1.165) is 23.9 Å². The van der Waals surface area contributed by atoms with E-state index in [-0.39, 0.29) is 0 Å². The Kier molecular flexibility index (Phi) is 3.74. The molecule has 1 aromatic carbocycles. The van der Waals surface area contributed by atoms with Gasteiger partial charge in [-0.25, -0.2) is 4.98 Å². The molecule has 0 N–H and O–H groups in total. The van der Waals surface area contributed by atoms with Crippen molar-refractivity contribution >= 4 is 22.6 Å². The smallest absolute Gasteiger partial charge is 0.124 e. The number of halogens is 1. The molecule has 2 aromatic rings. The Labute approximate surface area is 125 Å². The fraction of sp³-hybridized carbons (Fsp3) is 0.562. The number of hydrogen-bond acceptors (Lipinski definition) is 2. The fourth-order valence-corrected chi connectivity index (χ4v) is 3.08. The first-order chi connectivity index (χ1) is 9.61. The highest BCUT2D eigenvalue weighted by Gasteiger charge is 2.29. The monoisotopic (exact) mass is 291 g/mol. The van der Waals surface area contributed by atoms with Crippen LogP contribution in [0.3, 0.4) is 0 Å². The molecule has 3 nitrogen and oxygen atoms in total. The number of hydrogen-bond donors (Lipinski definition) is 0. The van der Waals surface area contributed by atoms with E-state index in [1.165, 1.54) is 23.9 Å². The minimum absolute atomic E-state index is 0.466. The zero-order valence-corrected chi connectivity index (χ0v) is 13.2. The molecule has 1 atom stereocenters. The minimum Gasteiger partial charge on any atom is -0.325 e. The normalized spacial score (nSPS) is 17.1. The maximum atomic E-state index is 6.10. The molecule has 3 rings (SSSR count). The van der Waals surface area contributed by atoms with Gasteiger partial charge in [0.05, 0.1) is 16.9 Å². The number of alkyl halides is 1. The van der Waals surface area contributed by atoms with E-state index in [0.29, 0.717) is 11.9 Å². The molecule has 1 aliphatic carbocycles. The van der Waals surface area contributed by atoms with E-state index < -0.39 is 0 Å². The van der Waals surface area contributed by atoms with Gasteiger partial charge in [0, 0.05) is 18.6 Å². The van der Waals surface area contributed by atoms with Crippen molar-refractivity contribution in [2.75, 3.05) is 7.05 Å². The maximum absolute atomic E-state index is 6.10. The molecule has 0 spiro atoms. The second-order valence-corrected chi connectivity index (χ2v) is 6.23. The predicted octanol–water partition coefficient (Wildman–Crippen LogP) is 3.57. The quantitative estimate of drug-likeness (QED) is 0.785.